The highest BCUT2D eigenvalue weighted by atomic mass is 15.2. The van der Waals surface area contributed by atoms with Gasteiger partial charge in [0.2, 0.25) is 0 Å². The van der Waals surface area contributed by atoms with Gasteiger partial charge in [0.05, 0.1) is 0 Å². The summed E-state index contributed by atoms with van der Waals surface area (Å²) in [5.74, 6) is 0.642. The van der Waals surface area contributed by atoms with Crippen molar-refractivity contribution < 1.29 is 0 Å². The Bertz CT molecular complexity index is 137. The van der Waals surface area contributed by atoms with Crippen LogP contribution in [0, 0.1) is 5.92 Å². The zero-order valence-electron chi connectivity index (χ0n) is 9.29. The molecule has 0 amide bonds. The predicted octanol–water partition coefficient (Wildman–Crippen LogP) is 1.84. The molecule has 13 heavy (non-hydrogen) atoms. The van der Waals surface area contributed by atoms with Gasteiger partial charge in [-0.05, 0) is 39.2 Å². The molecule has 0 aromatic carbocycles. The van der Waals surface area contributed by atoms with Crippen molar-refractivity contribution in [1.82, 2.24) is 4.90 Å². The first-order valence-corrected chi connectivity index (χ1v) is 5.61. The number of hydrogen-bond acceptors (Lipinski definition) is 2. The highest BCUT2D eigenvalue weighted by Crippen LogP contribution is 2.23. The molecule has 1 aliphatic heterocycles. The number of piperidine rings is 1. The van der Waals surface area contributed by atoms with E-state index < -0.39 is 0 Å². The first kappa shape index (κ1) is 11.0. The number of nitrogens with two attached hydrogens (primary N) is 1. The van der Waals surface area contributed by atoms with E-state index in [1.807, 2.05) is 0 Å². The average Bonchev–Trinajstić information content (AvgIpc) is 2.11. The first-order valence-electron chi connectivity index (χ1n) is 5.61. The molecular formula is C11H24N2. The normalized spacial score (nSPS) is 33.2. The quantitative estimate of drug-likeness (QED) is 0.725. The van der Waals surface area contributed by atoms with E-state index in [-0.39, 0.29) is 0 Å². The number of likely N-dealkylation sites (tertiary alicyclic amines) is 1. The molecule has 1 saturated heterocycles. The second-order valence-corrected chi connectivity index (χ2v) is 4.67. The van der Waals surface area contributed by atoms with Crippen molar-refractivity contribution in [3.05, 3.63) is 0 Å². The SMILES string of the molecule is CC(CN)CN1[C@H](C)CCC[C@@H]1C. The Morgan fingerprint density at radius 1 is 1.31 bits per heavy atom. The summed E-state index contributed by atoms with van der Waals surface area (Å²) < 4.78 is 0. The van der Waals surface area contributed by atoms with Crippen LogP contribution in [-0.2, 0) is 0 Å². The van der Waals surface area contributed by atoms with Gasteiger partial charge < -0.3 is 5.73 Å². The van der Waals surface area contributed by atoms with Crippen LogP contribution in [0.2, 0.25) is 0 Å². The third kappa shape index (κ3) is 2.96. The number of nitrogens with zero attached hydrogens (tertiary/aromatic N) is 1. The van der Waals surface area contributed by atoms with E-state index in [0.717, 1.165) is 18.6 Å². The number of hydrogen-bond donors (Lipinski definition) is 1. The van der Waals surface area contributed by atoms with Crippen LogP contribution in [0.5, 0.6) is 0 Å². The maximum atomic E-state index is 5.65. The van der Waals surface area contributed by atoms with Crippen molar-refractivity contribution >= 4 is 0 Å². The lowest BCUT2D eigenvalue weighted by Crippen LogP contribution is -2.46. The topological polar surface area (TPSA) is 29.3 Å². The molecular weight excluding hydrogens is 160 g/mol. The van der Waals surface area contributed by atoms with Crippen molar-refractivity contribution in [3.8, 4) is 0 Å². The fourth-order valence-electron chi connectivity index (χ4n) is 2.27. The minimum Gasteiger partial charge on any atom is -0.330 e. The van der Waals surface area contributed by atoms with Crippen LogP contribution >= 0.6 is 0 Å². The summed E-state index contributed by atoms with van der Waals surface area (Å²) in [7, 11) is 0. The Kier molecular flexibility index (Phi) is 4.20. The van der Waals surface area contributed by atoms with Gasteiger partial charge in [-0.3, -0.25) is 4.90 Å². The van der Waals surface area contributed by atoms with E-state index in [1.54, 1.807) is 0 Å². The van der Waals surface area contributed by atoms with Crippen molar-refractivity contribution in [2.45, 2.75) is 52.1 Å². The highest BCUT2D eigenvalue weighted by molar-refractivity contribution is 4.80. The van der Waals surface area contributed by atoms with E-state index in [9.17, 15) is 0 Å². The monoisotopic (exact) mass is 184 g/mol. The molecule has 2 heteroatoms. The van der Waals surface area contributed by atoms with Gasteiger partial charge in [0, 0.05) is 18.6 Å². The smallest absolute Gasteiger partial charge is 0.00698 e. The van der Waals surface area contributed by atoms with Gasteiger partial charge in [-0.25, -0.2) is 0 Å². The van der Waals surface area contributed by atoms with Gasteiger partial charge in [-0.15, -0.1) is 0 Å². The second-order valence-electron chi connectivity index (χ2n) is 4.67. The zero-order valence-corrected chi connectivity index (χ0v) is 9.29. The minimum atomic E-state index is 0.642. The van der Waals surface area contributed by atoms with Gasteiger partial charge in [-0.2, -0.15) is 0 Å². The van der Waals surface area contributed by atoms with Gasteiger partial charge in [0.15, 0.2) is 0 Å². The molecule has 1 aliphatic rings. The molecule has 1 rings (SSSR count). The van der Waals surface area contributed by atoms with E-state index in [4.69, 9.17) is 5.73 Å². The molecule has 0 spiro atoms. The Balaban J connectivity index is 2.43. The fourth-order valence-corrected chi connectivity index (χ4v) is 2.27. The van der Waals surface area contributed by atoms with Crippen LogP contribution in [0.4, 0.5) is 0 Å². The van der Waals surface area contributed by atoms with Crippen LogP contribution in [0.3, 0.4) is 0 Å². The van der Waals surface area contributed by atoms with Crippen molar-refractivity contribution in [3.63, 3.8) is 0 Å². The third-order valence-electron chi connectivity index (χ3n) is 3.30. The lowest BCUT2D eigenvalue weighted by molar-refractivity contribution is 0.0882. The maximum Gasteiger partial charge on any atom is 0.00698 e. The zero-order chi connectivity index (χ0) is 9.84. The molecule has 0 aliphatic carbocycles. The van der Waals surface area contributed by atoms with E-state index in [1.165, 1.54) is 25.8 Å². The molecule has 1 fully saturated rings. The van der Waals surface area contributed by atoms with Crippen molar-refractivity contribution in [2.24, 2.45) is 11.7 Å². The largest absolute Gasteiger partial charge is 0.330 e. The van der Waals surface area contributed by atoms with Crippen molar-refractivity contribution in [2.75, 3.05) is 13.1 Å². The lowest BCUT2D eigenvalue weighted by atomic mass is 9.96. The molecule has 0 bridgehead atoms. The summed E-state index contributed by atoms with van der Waals surface area (Å²) in [6, 6.07) is 1.52. The number of rotatable bonds is 3. The fraction of sp³-hybridized carbons (Fsp3) is 1.00. The van der Waals surface area contributed by atoms with E-state index in [0.29, 0.717) is 5.92 Å². The van der Waals surface area contributed by atoms with Crippen LogP contribution in [0.25, 0.3) is 0 Å². The van der Waals surface area contributed by atoms with Gasteiger partial charge in [-0.1, -0.05) is 13.3 Å². The van der Waals surface area contributed by atoms with E-state index >= 15 is 0 Å². The molecule has 2 nitrogen and oxygen atoms in total. The third-order valence-corrected chi connectivity index (χ3v) is 3.30. The Labute approximate surface area is 82.5 Å². The summed E-state index contributed by atoms with van der Waals surface area (Å²) in [5.41, 5.74) is 5.65. The standard InChI is InChI=1S/C11H24N2/c1-9(7-12)8-13-10(2)5-4-6-11(13)3/h9-11H,4-8,12H2,1-3H3/t9?,10-,11+. The maximum absolute atomic E-state index is 5.65. The highest BCUT2D eigenvalue weighted by Gasteiger charge is 2.25. The molecule has 2 N–H and O–H groups in total. The van der Waals surface area contributed by atoms with E-state index in [2.05, 4.69) is 25.7 Å². The Morgan fingerprint density at radius 2 is 1.85 bits per heavy atom. The molecule has 0 radical (unpaired) electrons. The summed E-state index contributed by atoms with van der Waals surface area (Å²) in [4.78, 5) is 2.63. The Morgan fingerprint density at radius 3 is 2.31 bits per heavy atom. The minimum absolute atomic E-state index is 0.642. The van der Waals surface area contributed by atoms with Gasteiger partial charge in [0.1, 0.15) is 0 Å². The molecule has 1 heterocycles. The Hall–Kier alpha value is -0.0800. The van der Waals surface area contributed by atoms with Gasteiger partial charge >= 0.3 is 0 Å². The van der Waals surface area contributed by atoms with Crippen molar-refractivity contribution in [1.29, 1.82) is 0 Å². The molecule has 3 atom stereocenters. The average molecular weight is 184 g/mol. The molecule has 0 saturated carbocycles. The van der Waals surface area contributed by atoms with Crippen LogP contribution < -0.4 is 5.73 Å². The second kappa shape index (κ2) is 4.97. The van der Waals surface area contributed by atoms with Crippen LogP contribution in [0.15, 0.2) is 0 Å². The molecule has 0 aromatic rings. The summed E-state index contributed by atoms with van der Waals surface area (Å²) >= 11 is 0. The molecule has 0 aromatic heterocycles. The predicted molar refractivity (Wildman–Crippen MR) is 57.7 cm³/mol. The summed E-state index contributed by atoms with van der Waals surface area (Å²) in [6.45, 7) is 8.93. The summed E-state index contributed by atoms with van der Waals surface area (Å²) in [6.07, 6.45) is 4.12. The first-order chi connectivity index (χ1) is 6.15. The molecule has 78 valence electrons. The molecule has 1 unspecified atom stereocenters. The van der Waals surface area contributed by atoms with Crippen LogP contribution in [0.1, 0.15) is 40.0 Å². The van der Waals surface area contributed by atoms with Gasteiger partial charge in [0.25, 0.3) is 0 Å². The summed E-state index contributed by atoms with van der Waals surface area (Å²) in [5, 5.41) is 0. The lowest BCUT2D eigenvalue weighted by Gasteiger charge is -2.40. The van der Waals surface area contributed by atoms with Crippen LogP contribution in [-0.4, -0.2) is 30.1 Å².